The highest BCUT2D eigenvalue weighted by atomic mass is 32.2. The molecular weight excluding hydrogens is 232 g/mol. The average Bonchev–Trinajstić information content (AvgIpc) is 2.24. The van der Waals surface area contributed by atoms with E-state index < -0.39 is 5.97 Å². The van der Waals surface area contributed by atoms with Crippen molar-refractivity contribution in [2.24, 2.45) is 5.92 Å². The van der Waals surface area contributed by atoms with Crippen LogP contribution >= 0.6 is 11.8 Å². The topological polar surface area (TPSA) is 37.3 Å². The number of hydrogen-bond acceptors (Lipinski definition) is 2. The third-order valence-electron chi connectivity index (χ3n) is 2.39. The molecule has 2 nitrogen and oxygen atoms in total. The second-order valence-electron chi connectivity index (χ2n) is 5.15. The minimum Gasteiger partial charge on any atom is -0.481 e. The maximum absolute atomic E-state index is 11.2. The first-order valence-corrected chi connectivity index (χ1v) is 6.78. The van der Waals surface area contributed by atoms with Crippen LogP contribution in [0, 0.1) is 5.92 Å². The van der Waals surface area contributed by atoms with Crippen molar-refractivity contribution >= 4 is 17.7 Å². The van der Waals surface area contributed by atoms with Crippen LogP contribution < -0.4 is 0 Å². The molecule has 0 saturated heterocycles. The van der Waals surface area contributed by atoms with E-state index in [1.54, 1.807) is 11.8 Å². The van der Waals surface area contributed by atoms with Gasteiger partial charge in [-0.2, -0.15) is 11.8 Å². The Balaban J connectivity index is 2.59. The molecule has 0 aliphatic rings. The number of aliphatic carboxylic acids is 1. The van der Waals surface area contributed by atoms with Crippen LogP contribution in [0.3, 0.4) is 0 Å². The molecule has 1 rings (SSSR count). The Kier molecular flexibility index (Phi) is 5.06. The highest BCUT2D eigenvalue weighted by molar-refractivity contribution is 8.00. The number of benzene rings is 1. The van der Waals surface area contributed by atoms with Gasteiger partial charge in [0.05, 0.1) is 5.92 Å². The van der Waals surface area contributed by atoms with Gasteiger partial charge in [-0.1, -0.05) is 51.1 Å². The summed E-state index contributed by atoms with van der Waals surface area (Å²) in [6, 6.07) is 9.81. The van der Waals surface area contributed by atoms with Crippen LogP contribution in [-0.4, -0.2) is 21.6 Å². The van der Waals surface area contributed by atoms with Gasteiger partial charge in [-0.15, -0.1) is 0 Å². The SMILES string of the molecule is CC(C)(C)SCC(Cc1ccccc1)C(=O)O. The minimum atomic E-state index is -0.703. The van der Waals surface area contributed by atoms with Crippen LogP contribution in [0.1, 0.15) is 26.3 Å². The molecule has 0 aromatic heterocycles. The summed E-state index contributed by atoms with van der Waals surface area (Å²) in [5, 5.41) is 9.22. The van der Waals surface area contributed by atoms with Crippen molar-refractivity contribution in [1.82, 2.24) is 0 Å². The molecule has 3 heteroatoms. The summed E-state index contributed by atoms with van der Waals surface area (Å²) in [5.74, 6) is -0.347. The standard InChI is InChI=1S/C14H20O2S/c1-14(2,3)17-10-12(13(15)16)9-11-7-5-4-6-8-11/h4-8,12H,9-10H2,1-3H3,(H,15,16). The van der Waals surface area contributed by atoms with Gasteiger partial charge in [0.25, 0.3) is 0 Å². The molecule has 17 heavy (non-hydrogen) atoms. The van der Waals surface area contributed by atoms with E-state index in [0.29, 0.717) is 12.2 Å². The highest BCUT2D eigenvalue weighted by Gasteiger charge is 2.21. The van der Waals surface area contributed by atoms with Crippen molar-refractivity contribution in [1.29, 1.82) is 0 Å². The predicted octanol–water partition coefficient (Wildman–Crippen LogP) is 3.46. The smallest absolute Gasteiger partial charge is 0.307 e. The summed E-state index contributed by atoms with van der Waals surface area (Å²) in [5.41, 5.74) is 1.09. The summed E-state index contributed by atoms with van der Waals surface area (Å²) in [6.07, 6.45) is 0.610. The largest absolute Gasteiger partial charge is 0.481 e. The zero-order valence-electron chi connectivity index (χ0n) is 10.6. The van der Waals surface area contributed by atoms with Crippen molar-refractivity contribution in [3.8, 4) is 0 Å². The maximum Gasteiger partial charge on any atom is 0.307 e. The van der Waals surface area contributed by atoms with Crippen LogP contribution in [0.2, 0.25) is 0 Å². The summed E-state index contributed by atoms with van der Waals surface area (Å²) in [6.45, 7) is 6.33. The Morgan fingerprint density at radius 3 is 2.35 bits per heavy atom. The Morgan fingerprint density at radius 1 is 1.29 bits per heavy atom. The van der Waals surface area contributed by atoms with E-state index in [9.17, 15) is 9.90 Å². The Bertz CT molecular complexity index is 354. The normalized spacial score (nSPS) is 13.4. The van der Waals surface area contributed by atoms with E-state index in [4.69, 9.17) is 0 Å². The highest BCUT2D eigenvalue weighted by Crippen LogP contribution is 2.26. The van der Waals surface area contributed by atoms with Crippen molar-refractivity contribution in [2.45, 2.75) is 31.9 Å². The third kappa shape index (κ3) is 5.78. The van der Waals surface area contributed by atoms with E-state index in [0.717, 1.165) is 5.56 Å². The molecule has 0 aliphatic carbocycles. The van der Waals surface area contributed by atoms with E-state index in [-0.39, 0.29) is 10.7 Å². The van der Waals surface area contributed by atoms with Gasteiger partial charge in [0.1, 0.15) is 0 Å². The number of carboxylic acid groups (broad SMARTS) is 1. The summed E-state index contributed by atoms with van der Waals surface area (Å²) in [7, 11) is 0. The molecule has 1 atom stereocenters. The second kappa shape index (κ2) is 6.10. The zero-order valence-corrected chi connectivity index (χ0v) is 11.5. The third-order valence-corrected chi connectivity index (χ3v) is 3.83. The van der Waals surface area contributed by atoms with Gasteiger partial charge in [-0.25, -0.2) is 0 Å². The van der Waals surface area contributed by atoms with Crippen LogP contribution in [0.15, 0.2) is 30.3 Å². The van der Waals surface area contributed by atoms with Crippen LogP contribution in [-0.2, 0) is 11.2 Å². The Morgan fingerprint density at radius 2 is 1.88 bits per heavy atom. The molecular formula is C14H20O2S. The van der Waals surface area contributed by atoms with Gasteiger partial charge in [-0.05, 0) is 12.0 Å². The number of carbonyl (C=O) groups is 1. The number of carboxylic acids is 1. The monoisotopic (exact) mass is 252 g/mol. The van der Waals surface area contributed by atoms with Gasteiger partial charge in [0, 0.05) is 10.5 Å². The first kappa shape index (κ1) is 14.1. The van der Waals surface area contributed by atoms with E-state index >= 15 is 0 Å². The van der Waals surface area contributed by atoms with Crippen molar-refractivity contribution < 1.29 is 9.90 Å². The molecule has 0 bridgehead atoms. The molecule has 1 unspecified atom stereocenters. The first-order chi connectivity index (χ1) is 7.88. The lowest BCUT2D eigenvalue weighted by atomic mass is 10.0. The number of rotatable bonds is 5. The number of thioether (sulfide) groups is 1. The average molecular weight is 252 g/mol. The molecule has 0 saturated carbocycles. The quantitative estimate of drug-likeness (QED) is 0.872. The molecule has 0 heterocycles. The fraction of sp³-hybridized carbons (Fsp3) is 0.500. The zero-order chi connectivity index (χ0) is 12.9. The second-order valence-corrected chi connectivity index (χ2v) is 7.00. The maximum atomic E-state index is 11.2. The van der Waals surface area contributed by atoms with Gasteiger partial charge in [0.15, 0.2) is 0 Å². The lowest BCUT2D eigenvalue weighted by Crippen LogP contribution is -2.22. The fourth-order valence-electron chi connectivity index (χ4n) is 1.47. The lowest BCUT2D eigenvalue weighted by molar-refractivity contribution is -0.140. The summed E-state index contributed by atoms with van der Waals surface area (Å²) in [4.78, 5) is 11.2. The molecule has 0 spiro atoms. The van der Waals surface area contributed by atoms with Crippen molar-refractivity contribution in [2.75, 3.05) is 5.75 Å². The Labute approximate surface area is 107 Å². The van der Waals surface area contributed by atoms with Crippen molar-refractivity contribution in [3.05, 3.63) is 35.9 Å². The summed E-state index contributed by atoms with van der Waals surface area (Å²) >= 11 is 1.71. The summed E-state index contributed by atoms with van der Waals surface area (Å²) < 4.78 is 0.115. The van der Waals surface area contributed by atoms with Gasteiger partial charge >= 0.3 is 5.97 Å². The predicted molar refractivity (Wildman–Crippen MR) is 73.5 cm³/mol. The van der Waals surface area contributed by atoms with Crippen LogP contribution in [0.4, 0.5) is 0 Å². The molecule has 0 amide bonds. The van der Waals surface area contributed by atoms with Gasteiger partial charge in [-0.3, -0.25) is 4.79 Å². The molecule has 1 aromatic carbocycles. The minimum absolute atomic E-state index is 0.115. The molecule has 0 radical (unpaired) electrons. The van der Waals surface area contributed by atoms with Crippen LogP contribution in [0.25, 0.3) is 0 Å². The van der Waals surface area contributed by atoms with Crippen LogP contribution in [0.5, 0.6) is 0 Å². The van der Waals surface area contributed by atoms with E-state index in [1.165, 1.54) is 0 Å². The van der Waals surface area contributed by atoms with Crippen molar-refractivity contribution in [3.63, 3.8) is 0 Å². The van der Waals surface area contributed by atoms with Gasteiger partial charge < -0.3 is 5.11 Å². The molecule has 1 N–H and O–H groups in total. The first-order valence-electron chi connectivity index (χ1n) is 5.79. The van der Waals surface area contributed by atoms with Gasteiger partial charge in [0.2, 0.25) is 0 Å². The van der Waals surface area contributed by atoms with E-state index in [1.807, 2.05) is 30.3 Å². The molecule has 94 valence electrons. The lowest BCUT2D eigenvalue weighted by Gasteiger charge is -2.20. The number of hydrogen-bond donors (Lipinski definition) is 1. The molecule has 0 fully saturated rings. The Hall–Kier alpha value is -0.960. The van der Waals surface area contributed by atoms with E-state index in [2.05, 4.69) is 20.8 Å². The fourth-order valence-corrected chi connectivity index (χ4v) is 2.43. The molecule has 0 aliphatic heterocycles. The molecule has 1 aromatic rings.